The van der Waals surface area contributed by atoms with E-state index in [1.807, 2.05) is 29.5 Å². The molecule has 0 aromatic carbocycles. The molecule has 0 aliphatic carbocycles. The summed E-state index contributed by atoms with van der Waals surface area (Å²) in [5, 5.41) is 18.4. The molecule has 7 heteroatoms. The molecule has 0 saturated heterocycles. The summed E-state index contributed by atoms with van der Waals surface area (Å²) in [6.45, 7) is 3.37. The summed E-state index contributed by atoms with van der Waals surface area (Å²) >= 11 is 1.66. The Morgan fingerprint density at radius 3 is 3.05 bits per heavy atom. The number of aliphatic hydroxyl groups is 1. The second kappa shape index (κ2) is 8.07. The predicted octanol–water partition coefficient (Wildman–Crippen LogP) is 1.63. The number of carbonyl (C=O) groups is 1. The van der Waals surface area contributed by atoms with Crippen molar-refractivity contribution in [1.82, 2.24) is 14.7 Å². The molecule has 2 aromatic rings. The van der Waals surface area contributed by atoms with Gasteiger partial charge in [0.15, 0.2) is 0 Å². The van der Waals surface area contributed by atoms with E-state index in [0.717, 1.165) is 0 Å². The first-order valence-corrected chi connectivity index (χ1v) is 8.13. The van der Waals surface area contributed by atoms with Crippen LogP contribution in [0.4, 0.5) is 5.82 Å². The average molecular weight is 322 g/mol. The zero-order valence-corrected chi connectivity index (χ0v) is 13.7. The number of amides is 1. The number of likely N-dealkylation sites (N-methyl/N-ethyl adjacent to an activating group) is 1. The summed E-state index contributed by atoms with van der Waals surface area (Å²) in [6, 6.07) is 5.84. The van der Waals surface area contributed by atoms with Crippen molar-refractivity contribution in [1.29, 1.82) is 0 Å². The van der Waals surface area contributed by atoms with Gasteiger partial charge in [0.2, 0.25) is 5.91 Å². The Morgan fingerprint density at radius 1 is 1.55 bits per heavy atom. The molecule has 120 valence electrons. The van der Waals surface area contributed by atoms with E-state index in [2.05, 4.69) is 10.4 Å². The molecule has 0 radical (unpaired) electrons. The standard InChI is InChI=1S/C15H22N4O2S/c1-12(20)6-8-18(2)11-15(21)17-14-5-7-16-19(14)10-13-4-3-9-22-13/h3-5,7,9,12,20H,6,8,10-11H2,1-2H3,(H,17,21). The lowest BCUT2D eigenvalue weighted by molar-refractivity contribution is -0.117. The van der Waals surface area contributed by atoms with Crippen LogP contribution in [0.5, 0.6) is 0 Å². The maximum Gasteiger partial charge on any atom is 0.239 e. The maximum atomic E-state index is 12.1. The zero-order valence-electron chi connectivity index (χ0n) is 12.9. The number of thiophene rings is 1. The Morgan fingerprint density at radius 2 is 2.36 bits per heavy atom. The Bertz CT molecular complexity index is 580. The van der Waals surface area contributed by atoms with Gasteiger partial charge in [-0.25, -0.2) is 4.68 Å². The normalized spacial score (nSPS) is 12.5. The van der Waals surface area contributed by atoms with E-state index in [9.17, 15) is 9.90 Å². The van der Waals surface area contributed by atoms with Crippen molar-refractivity contribution in [3.8, 4) is 0 Å². The van der Waals surface area contributed by atoms with Crippen LogP contribution in [0, 0.1) is 0 Å². The van der Waals surface area contributed by atoms with E-state index in [-0.39, 0.29) is 18.6 Å². The molecule has 22 heavy (non-hydrogen) atoms. The zero-order chi connectivity index (χ0) is 15.9. The van der Waals surface area contributed by atoms with Gasteiger partial charge < -0.3 is 10.4 Å². The van der Waals surface area contributed by atoms with Gasteiger partial charge in [-0.3, -0.25) is 9.69 Å². The minimum atomic E-state index is -0.349. The molecule has 0 fully saturated rings. The molecule has 1 amide bonds. The lowest BCUT2D eigenvalue weighted by Gasteiger charge is -2.17. The Kier molecular flexibility index (Phi) is 6.11. The Labute approximate surface area is 134 Å². The minimum Gasteiger partial charge on any atom is -0.393 e. The van der Waals surface area contributed by atoms with Crippen LogP contribution in [0.25, 0.3) is 0 Å². The smallest absolute Gasteiger partial charge is 0.239 e. The second-order valence-corrected chi connectivity index (χ2v) is 6.41. The minimum absolute atomic E-state index is 0.0824. The second-order valence-electron chi connectivity index (χ2n) is 5.38. The first kappa shape index (κ1) is 16.7. The molecule has 2 aromatic heterocycles. The van der Waals surface area contributed by atoms with Crippen LogP contribution >= 0.6 is 11.3 Å². The van der Waals surface area contributed by atoms with Crippen molar-refractivity contribution in [3.63, 3.8) is 0 Å². The Hall–Kier alpha value is -1.70. The van der Waals surface area contributed by atoms with E-state index < -0.39 is 0 Å². The van der Waals surface area contributed by atoms with Crippen LogP contribution in [0.1, 0.15) is 18.2 Å². The third-order valence-electron chi connectivity index (χ3n) is 3.21. The molecular weight excluding hydrogens is 300 g/mol. The quantitative estimate of drug-likeness (QED) is 0.775. The van der Waals surface area contributed by atoms with Crippen LogP contribution in [0.2, 0.25) is 0 Å². The van der Waals surface area contributed by atoms with Gasteiger partial charge in [0.25, 0.3) is 0 Å². The lowest BCUT2D eigenvalue weighted by Crippen LogP contribution is -2.32. The first-order valence-electron chi connectivity index (χ1n) is 7.25. The highest BCUT2D eigenvalue weighted by atomic mass is 32.1. The molecule has 6 nitrogen and oxygen atoms in total. The number of aromatic nitrogens is 2. The largest absolute Gasteiger partial charge is 0.393 e. The van der Waals surface area contributed by atoms with Crippen LogP contribution in [-0.2, 0) is 11.3 Å². The van der Waals surface area contributed by atoms with Crippen LogP contribution in [-0.4, -0.2) is 51.9 Å². The van der Waals surface area contributed by atoms with Gasteiger partial charge in [-0.15, -0.1) is 11.3 Å². The molecule has 2 heterocycles. The van der Waals surface area contributed by atoms with Crippen molar-refractivity contribution in [2.24, 2.45) is 0 Å². The highest BCUT2D eigenvalue weighted by Gasteiger charge is 2.11. The fourth-order valence-corrected chi connectivity index (χ4v) is 2.71. The van der Waals surface area contributed by atoms with Gasteiger partial charge in [-0.1, -0.05) is 6.07 Å². The molecule has 0 saturated carbocycles. The average Bonchev–Trinajstić information content (AvgIpc) is 3.10. The van der Waals surface area contributed by atoms with Crippen LogP contribution in [0.3, 0.4) is 0 Å². The fourth-order valence-electron chi connectivity index (χ4n) is 2.03. The third kappa shape index (κ3) is 5.25. The van der Waals surface area contributed by atoms with E-state index in [1.165, 1.54) is 4.88 Å². The van der Waals surface area contributed by atoms with Gasteiger partial charge in [0.05, 0.1) is 25.4 Å². The number of carbonyl (C=O) groups excluding carboxylic acids is 1. The lowest BCUT2D eigenvalue weighted by atomic mass is 10.3. The van der Waals surface area contributed by atoms with E-state index in [1.54, 1.807) is 35.2 Å². The molecule has 1 unspecified atom stereocenters. The summed E-state index contributed by atoms with van der Waals surface area (Å²) in [7, 11) is 1.87. The van der Waals surface area contributed by atoms with Crippen molar-refractivity contribution >= 4 is 23.1 Å². The van der Waals surface area contributed by atoms with Gasteiger partial charge >= 0.3 is 0 Å². The van der Waals surface area contributed by atoms with E-state index in [0.29, 0.717) is 25.3 Å². The van der Waals surface area contributed by atoms with Gasteiger partial charge in [-0.05, 0) is 31.8 Å². The molecule has 0 bridgehead atoms. The van der Waals surface area contributed by atoms with E-state index >= 15 is 0 Å². The van der Waals surface area contributed by atoms with E-state index in [4.69, 9.17) is 0 Å². The van der Waals surface area contributed by atoms with Gasteiger partial charge in [-0.2, -0.15) is 5.10 Å². The Balaban J connectivity index is 1.85. The number of hydrogen-bond donors (Lipinski definition) is 2. The topological polar surface area (TPSA) is 70.4 Å². The summed E-state index contributed by atoms with van der Waals surface area (Å²) in [6.07, 6.45) is 1.98. The molecule has 0 aliphatic heterocycles. The summed E-state index contributed by atoms with van der Waals surface area (Å²) < 4.78 is 1.78. The molecule has 2 N–H and O–H groups in total. The number of nitrogens with zero attached hydrogens (tertiary/aromatic N) is 3. The van der Waals surface area contributed by atoms with Gasteiger partial charge in [0.1, 0.15) is 5.82 Å². The van der Waals surface area contributed by atoms with Crippen LogP contribution in [0.15, 0.2) is 29.8 Å². The number of anilines is 1. The molecule has 2 rings (SSSR count). The third-order valence-corrected chi connectivity index (χ3v) is 4.07. The molecule has 0 aliphatic rings. The number of rotatable bonds is 8. The SMILES string of the molecule is CC(O)CCN(C)CC(=O)Nc1ccnn1Cc1cccs1. The summed E-state index contributed by atoms with van der Waals surface area (Å²) in [5.41, 5.74) is 0. The molecule has 0 spiro atoms. The molecular formula is C15H22N4O2S. The number of hydrogen-bond acceptors (Lipinski definition) is 5. The fraction of sp³-hybridized carbons (Fsp3) is 0.467. The summed E-state index contributed by atoms with van der Waals surface area (Å²) in [4.78, 5) is 15.1. The maximum absolute atomic E-state index is 12.1. The van der Waals surface area contributed by atoms with Crippen molar-refractivity contribution in [2.75, 3.05) is 25.5 Å². The monoisotopic (exact) mass is 322 g/mol. The van der Waals surface area contributed by atoms with Crippen LogP contribution < -0.4 is 5.32 Å². The number of nitrogens with one attached hydrogen (secondary N) is 1. The number of aliphatic hydroxyl groups excluding tert-OH is 1. The first-order chi connectivity index (χ1) is 10.5. The highest BCUT2D eigenvalue weighted by molar-refractivity contribution is 7.09. The summed E-state index contributed by atoms with van der Waals surface area (Å²) in [5.74, 6) is 0.614. The molecule has 1 atom stereocenters. The van der Waals surface area contributed by atoms with Crippen molar-refractivity contribution in [2.45, 2.75) is 26.0 Å². The predicted molar refractivity (Wildman–Crippen MR) is 88.1 cm³/mol. The van der Waals surface area contributed by atoms with Crippen molar-refractivity contribution in [3.05, 3.63) is 34.7 Å². The van der Waals surface area contributed by atoms with Gasteiger partial charge in [0, 0.05) is 17.5 Å². The van der Waals surface area contributed by atoms with Crippen molar-refractivity contribution < 1.29 is 9.90 Å². The highest BCUT2D eigenvalue weighted by Crippen LogP contribution is 2.14.